The topological polar surface area (TPSA) is 71.3 Å². The second kappa shape index (κ2) is 9.31. The van der Waals surface area contributed by atoms with Crippen molar-refractivity contribution in [1.29, 1.82) is 5.26 Å². The van der Waals surface area contributed by atoms with Crippen molar-refractivity contribution in [1.82, 2.24) is 0 Å². The normalized spacial score (nSPS) is 11.1. The number of amides is 1. The summed E-state index contributed by atoms with van der Waals surface area (Å²) < 4.78 is 11.1. The van der Waals surface area contributed by atoms with Gasteiger partial charge in [0.25, 0.3) is 5.91 Å². The monoisotopic (exact) mass is 404 g/mol. The molecule has 0 bridgehead atoms. The SMILES string of the molecule is COc1cccc(/C=C(\C#N)C(=O)Nc2cccc(Cl)c2Cl)c1OC(C)C. The van der Waals surface area contributed by atoms with Crippen LogP contribution >= 0.6 is 23.2 Å². The molecule has 140 valence electrons. The van der Waals surface area contributed by atoms with E-state index in [0.29, 0.717) is 27.8 Å². The van der Waals surface area contributed by atoms with Gasteiger partial charge in [0.05, 0.1) is 28.9 Å². The molecule has 0 aliphatic carbocycles. The number of rotatable bonds is 6. The molecule has 0 radical (unpaired) electrons. The van der Waals surface area contributed by atoms with Crippen LogP contribution in [-0.4, -0.2) is 19.1 Å². The van der Waals surface area contributed by atoms with Crippen LogP contribution in [0.2, 0.25) is 10.0 Å². The van der Waals surface area contributed by atoms with Crippen LogP contribution in [0.4, 0.5) is 5.69 Å². The van der Waals surface area contributed by atoms with E-state index in [-0.39, 0.29) is 16.7 Å². The molecular formula is C20H18Cl2N2O3. The number of anilines is 1. The van der Waals surface area contributed by atoms with Crippen LogP contribution in [0.5, 0.6) is 11.5 Å². The first kappa shape index (κ1) is 20.6. The van der Waals surface area contributed by atoms with Crippen LogP contribution < -0.4 is 14.8 Å². The smallest absolute Gasteiger partial charge is 0.266 e. The summed E-state index contributed by atoms with van der Waals surface area (Å²) in [5, 5.41) is 12.5. The molecule has 0 unspecified atom stereocenters. The Morgan fingerprint density at radius 2 is 1.93 bits per heavy atom. The Balaban J connectivity index is 2.39. The molecule has 5 nitrogen and oxygen atoms in total. The number of carbonyl (C=O) groups is 1. The summed E-state index contributed by atoms with van der Waals surface area (Å²) in [7, 11) is 1.52. The molecule has 0 heterocycles. The van der Waals surface area contributed by atoms with Crippen molar-refractivity contribution in [2.24, 2.45) is 0 Å². The summed E-state index contributed by atoms with van der Waals surface area (Å²) in [6.07, 6.45) is 1.33. The van der Waals surface area contributed by atoms with Crippen LogP contribution in [0, 0.1) is 11.3 Å². The molecule has 0 fully saturated rings. The molecule has 0 atom stereocenters. The van der Waals surface area contributed by atoms with Crippen molar-refractivity contribution in [2.45, 2.75) is 20.0 Å². The standard InChI is InChI=1S/C20H18Cl2N2O3/c1-12(2)27-19-13(6-4-9-17(19)26-3)10-14(11-23)20(25)24-16-8-5-7-15(21)18(16)22/h4-10,12H,1-3H3,(H,24,25)/b14-10+. The number of nitrogens with one attached hydrogen (secondary N) is 1. The van der Waals surface area contributed by atoms with Crippen LogP contribution in [-0.2, 0) is 4.79 Å². The second-order valence-electron chi connectivity index (χ2n) is 5.77. The largest absolute Gasteiger partial charge is 0.493 e. The van der Waals surface area contributed by atoms with Crippen LogP contribution in [0.3, 0.4) is 0 Å². The molecule has 0 aromatic heterocycles. The first-order valence-corrected chi connectivity index (χ1v) is 8.83. The third-order valence-electron chi connectivity index (χ3n) is 3.45. The lowest BCUT2D eigenvalue weighted by Gasteiger charge is -2.16. The molecule has 2 aromatic carbocycles. The number of para-hydroxylation sites is 1. The molecule has 0 saturated heterocycles. The quantitative estimate of drug-likeness (QED) is 0.521. The van der Waals surface area contributed by atoms with Crippen molar-refractivity contribution < 1.29 is 14.3 Å². The van der Waals surface area contributed by atoms with Gasteiger partial charge >= 0.3 is 0 Å². The van der Waals surface area contributed by atoms with Gasteiger partial charge in [-0.2, -0.15) is 5.26 Å². The van der Waals surface area contributed by atoms with Gasteiger partial charge in [0.2, 0.25) is 0 Å². The summed E-state index contributed by atoms with van der Waals surface area (Å²) in [6.45, 7) is 3.75. The lowest BCUT2D eigenvalue weighted by Crippen LogP contribution is -2.14. The van der Waals surface area contributed by atoms with Gasteiger partial charge in [-0.05, 0) is 38.1 Å². The molecule has 2 rings (SSSR count). The van der Waals surface area contributed by atoms with Gasteiger partial charge in [0.1, 0.15) is 11.6 Å². The van der Waals surface area contributed by atoms with E-state index in [1.54, 1.807) is 36.4 Å². The molecule has 0 spiro atoms. The minimum atomic E-state index is -0.611. The number of hydrogen-bond donors (Lipinski definition) is 1. The summed E-state index contributed by atoms with van der Waals surface area (Å²) >= 11 is 12.0. The Morgan fingerprint density at radius 3 is 2.56 bits per heavy atom. The fourth-order valence-corrected chi connectivity index (χ4v) is 2.61. The molecule has 1 N–H and O–H groups in total. The van der Waals surface area contributed by atoms with Crippen LogP contribution in [0.1, 0.15) is 19.4 Å². The molecule has 7 heteroatoms. The zero-order valence-corrected chi connectivity index (χ0v) is 16.6. The number of ether oxygens (including phenoxy) is 2. The minimum absolute atomic E-state index is 0.113. The van der Waals surface area contributed by atoms with Gasteiger partial charge in [-0.1, -0.05) is 41.4 Å². The maximum absolute atomic E-state index is 12.5. The fraction of sp³-hybridized carbons (Fsp3) is 0.200. The van der Waals surface area contributed by atoms with Crippen LogP contribution in [0.15, 0.2) is 42.0 Å². The Hall–Kier alpha value is -2.68. The number of benzene rings is 2. The van der Waals surface area contributed by atoms with Gasteiger partial charge in [0.15, 0.2) is 11.5 Å². The Morgan fingerprint density at radius 1 is 1.22 bits per heavy atom. The van der Waals surface area contributed by atoms with E-state index < -0.39 is 5.91 Å². The Kier molecular flexibility index (Phi) is 7.12. The molecule has 2 aromatic rings. The third kappa shape index (κ3) is 5.16. The van der Waals surface area contributed by atoms with Crippen molar-refractivity contribution in [3.8, 4) is 17.6 Å². The van der Waals surface area contributed by atoms with Gasteiger partial charge in [-0.15, -0.1) is 0 Å². The summed E-state index contributed by atoms with van der Waals surface area (Å²) in [5.41, 5.74) is 0.749. The zero-order valence-electron chi connectivity index (χ0n) is 15.0. The molecular weight excluding hydrogens is 387 g/mol. The molecule has 0 aliphatic rings. The molecule has 0 aliphatic heterocycles. The highest BCUT2D eigenvalue weighted by Gasteiger charge is 2.16. The van der Waals surface area contributed by atoms with Gasteiger partial charge in [-0.25, -0.2) is 0 Å². The number of halogens is 2. The van der Waals surface area contributed by atoms with E-state index in [1.165, 1.54) is 13.2 Å². The zero-order chi connectivity index (χ0) is 20.0. The first-order valence-electron chi connectivity index (χ1n) is 8.08. The van der Waals surface area contributed by atoms with Crippen molar-refractivity contribution in [2.75, 3.05) is 12.4 Å². The van der Waals surface area contributed by atoms with Gasteiger partial charge < -0.3 is 14.8 Å². The third-order valence-corrected chi connectivity index (χ3v) is 4.27. The average Bonchev–Trinajstić information content (AvgIpc) is 2.63. The number of methoxy groups -OCH3 is 1. The predicted molar refractivity (Wildman–Crippen MR) is 107 cm³/mol. The second-order valence-corrected chi connectivity index (χ2v) is 6.56. The van der Waals surface area contributed by atoms with Crippen molar-refractivity contribution in [3.63, 3.8) is 0 Å². The predicted octanol–water partition coefficient (Wildman–Crippen LogP) is 5.33. The van der Waals surface area contributed by atoms with Gasteiger partial charge in [0, 0.05) is 5.56 Å². The van der Waals surface area contributed by atoms with E-state index in [1.807, 2.05) is 19.9 Å². The highest BCUT2D eigenvalue weighted by atomic mass is 35.5. The molecule has 0 saturated carbocycles. The maximum Gasteiger partial charge on any atom is 0.266 e. The average molecular weight is 405 g/mol. The summed E-state index contributed by atoms with van der Waals surface area (Å²) in [4.78, 5) is 12.5. The number of hydrogen-bond acceptors (Lipinski definition) is 4. The minimum Gasteiger partial charge on any atom is -0.493 e. The first-order chi connectivity index (χ1) is 12.9. The van der Waals surface area contributed by atoms with E-state index in [0.717, 1.165) is 0 Å². The van der Waals surface area contributed by atoms with E-state index in [2.05, 4.69) is 5.32 Å². The lowest BCUT2D eigenvalue weighted by atomic mass is 10.1. The van der Waals surface area contributed by atoms with Crippen LogP contribution in [0.25, 0.3) is 6.08 Å². The number of nitrogens with zero attached hydrogens (tertiary/aromatic N) is 1. The van der Waals surface area contributed by atoms with E-state index in [9.17, 15) is 10.1 Å². The van der Waals surface area contributed by atoms with Crippen molar-refractivity contribution >= 4 is 40.9 Å². The molecule has 1 amide bonds. The van der Waals surface area contributed by atoms with Crippen molar-refractivity contribution in [3.05, 3.63) is 57.6 Å². The Labute approximate surface area is 168 Å². The highest BCUT2D eigenvalue weighted by molar-refractivity contribution is 6.44. The Bertz CT molecular complexity index is 918. The fourth-order valence-electron chi connectivity index (χ4n) is 2.26. The number of carbonyl (C=O) groups excluding carboxylic acids is 1. The number of nitriles is 1. The van der Waals surface area contributed by atoms with E-state index >= 15 is 0 Å². The lowest BCUT2D eigenvalue weighted by molar-refractivity contribution is -0.112. The highest BCUT2D eigenvalue weighted by Crippen LogP contribution is 2.34. The summed E-state index contributed by atoms with van der Waals surface area (Å²) in [5.74, 6) is 0.351. The molecule has 27 heavy (non-hydrogen) atoms. The maximum atomic E-state index is 12.5. The summed E-state index contributed by atoms with van der Waals surface area (Å²) in [6, 6.07) is 12.0. The van der Waals surface area contributed by atoms with E-state index in [4.69, 9.17) is 32.7 Å². The van der Waals surface area contributed by atoms with Gasteiger partial charge in [-0.3, -0.25) is 4.79 Å².